The number of ketones is 1. The number of hydrogen-bond acceptors (Lipinski definition) is 6. The second-order valence-electron chi connectivity index (χ2n) is 7.67. The summed E-state index contributed by atoms with van der Waals surface area (Å²) < 4.78 is 0. The first kappa shape index (κ1) is 22.3. The number of aliphatic hydroxyl groups is 1. The van der Waals surface area contributed by atoms with Crippen LogP contribution in [0.25, 0.3) is 22.4 Å². The van der Waals surface area contributed by atoms with Crippen molar-refractivity contribution in [2.45, 2.75) is 19.4 Å². The van der Waals surface area contributed by atoms with Gasteiger partial charge in [0.1, 0.15) is 17.5 Å². The summed E-state index contributed by atoms with van der Waals surface area (Å²) in [6.45, 7) is 1.61. The van der Waals surface area contributed by atoms with Crippen molar-refractivity contribution >= 4 is 34.1 Å². The molecule has 0 aliphatic carbocycles. The van der Waals surface area contributed by atoms with E-state index in [-0.39, 0.29) is 29.3 Å². The van der Waals surface area contributed by atoms with Gasteiger partial charge in [-0.25, -0.2) is 4.98 Å². The summed E-state index contributed by atoms with van der Waals surface area (Å²) in [6, 6.07) is 13.4. The van der Waals surface area contributed by atoms with Gasteiger partial charge in [-0.1, -0.05) is 23.7 Å². The number of nitrogens with zero attached hydrogens (tertiary/aromatic N) is 2. The Morgan fingerprint density at radius 1 is 1.30 bits per heavy atom. The van der Waals surface area contributed by atoms with E-state index in [0.717, 1.165) is 5.56 Å². The van der Waals surface area contributed by atoms with E-state index in [1.807, 2.05) is 18.2 Å². The van der Waals surface area contributed by atoms with Crippen LogP contribution >= 0.6 is 11.6 Å². The SMILES string of the molecule is Cc1cc(C(=O)C#N)cc2[nH]c(-c3c(N[C@@H](CO)Cc4cccc(Cl)c4)cc[nH]c3=O)nc12. The van der Waals surface area contributed by atoms with Crippen molar-refractivity contribution in [3.05, 3.63) is 80.7 Å². The molecule has 0 fully saturated rings. The summed E-state index contributed by atoms with van der Waals surface area (Å²) in [5.74, 6) is -0.346. The Bertz CT molecular complexity index is 1450. The van der Waals surface area contributed by atoms with Gasteiger partial charge in [0, 0.05) is 16.8 Å². The number of anilines is 1. The average Bonchev–Trinajstić information content (AvgIpc) is 3.22. The zero-order valence-corrected chi connectivity index (χ0v) is 18.4. The molecule has 9 heteroatoms. The Hall–Kier alpha value is -3.93. The van der Waals surface area contributed by atoms with Crippen molar-refractivity contribution in [3.63, 3.8) is 0 Å². The van der Waals surface area contributed by atoms with E-state index in [1.54, 1.807) is 37.3 Å². The third-order valence-corrected chi connectivity index (χ3v) is 5.52. The normalized spacial score (nSPS) is 11.8. The second kappa shape index (κ2) is 9.28. The highest BCUT2D eigenvalue weighted by Gasteiger charge is 2.19. The molecule has 0 bridgehead atoms. The lowest BCUT2D eigenvalue weighted by Gasteiger charge is -2.19. The van der Waals surface area contributed by atoms with Crippen LogP contribution in [-0.2, 0) is 6.42 Å². The predicted octanol–water partition coefficient (Wildman–Crippen LogP) is 3.60. The van der Waals surface area contributed by atoms with E-state index in [1.165, 1.54) is 6.20 Å². The second-order valence-corrected chi connectivity index (χ2v) is 8.11. The Labute approximate surface area is 193 Å². The Morgan fingerprint density at radius 3 is 2.85 bits per heavy atom. The number of halogens is 1. The highest BCUT2D eigenvalue weighted by molar-refractivity contribution is 6.30. The highest BCUT2D eigenvalue weighted by Crippen LogP contribution is 2.27. The lowest BCUT2D eigenvalue weighted by atomic mass is 10.1. The summed E-state index contributed by atoms with van der Waals surface area (Å²) in [5, 5.41) is 22.7. The molecule has 2 heterocycles. The van der Waals surface area contributed by atoms with Gasteiger partial charge < -0.3 is 20.4 Å². The number of Topliss-reactive ketones (excluding diaryl/α,β-unsaturated/α-hetero) is 1. The Morgan fingerprint density at radius 2 is 2.12 bits per heavy atom. The lowest BCUT2D eigenvalue weighted by molar-refractivity contribution is 0.105. The van der Waals surface area contributed by atoms with Crippen LogP contribution in [0, 0.1) is 18.3 Å². The van der Waals surface area contributed by atoms with Gasteiger partial charge >= 0.3 is 0 Å². The predicted molar refractivity (Wildman–Crippen MR) is 126 cm³/mol. The summed E-state index contributed by atoms with van der Waals surface area (Å²) in [7, 11) is 0. The van der Waals surface area contributed by atoms with E-state index in [4.69, 9.17) is 16.9 Å². The number of aromatic amines is 2. The van der Waals surface area contributed by atoms with Crippen LogP contribution in [0.3, 0.4) is 0 Å². The summed E-state index contributed by atoms with van der Waals surface area (Å²) in [4.78, 5) is 34.9. The number of nitrogens with one attached hydrogen (secondary N) is 3. The van der Waals surface area contributed by atoms with Gasteiger partial charge in [0.2, 0.25) is 0 Å². The molecule has 0 saturated carbocycles. The average molecular weight is 462 g/mol. The molecule has 166 valence electrons. The van der Waals surface area contributed by atoms with Gasteiger partial charge in [0.15, 0.2) is 0 Å². The molecule has 0 unspecified atom stereocenters. The topological polar surface area (TPSA) is 135 Å². The van der Waals surface area contributed by atoms with Crippen molar-refractivity contribution in [1.29, 1.82) is 5.26 Å². The quantitative estimate of drug-likeness (QED) is 0.245. The van der Waals surface area contributed by atoms with Crippen LogP contribution in [0.15, 0.2) is 53.5 Å². The number of nitriles is 1. The number of aryl methyl sites for hydroxylation is 1. The van der Waals surface area contributed by atoms with Crippen LogP contribution in [0.2, 0.25) is 5.02 Å². The molecule has 0 saturated heterocycles. The molecule has 4 N–H and O–H groups in total. The Kier molecular flexibility index (Phi) is 6.27. The number of carbonyl (C=O) groups is 1. The van der Waals surface area contributed by atoms with Crippen LogP contribution in [0.1, 0.15) is 21.5 Å². The molecular weight excluding hydrogens is 442 g/mol. The van der Waals surface area contributed by atoms with E-state index in [2.05, 4.69) is 20.3 Å². The number of rotatable bonds is 7. The fraction of sp³-hybridized carbons (Fsp3) is 0.167. The van der Waals surface area contributed by atoms with Crippen LogP contribution in [-0.4, -0.2) is 38.5 Å². The molecule has 0 aliphatic rings. The third kappa shape index (κ3) is 4.65. The zero-order valence-electron chi connectivity index (χ0n) is 17.6. The van der Waals surface area contributed by atoms with E-state index in [9.17, 15) is 14.7 Å². The largest absolute Gasteiger partial charge is 0.394 e. The molecule has 4 aromatic rings. The number of hydrogen-bond donors (Lipinski definition) is 4. The molecule has 0 aliphatic heterocycles. The number of benzene rings is 2. The number of pyridine rings is 1. The number of fused-ring (bicyclic) bond motifs is 1. The van der Waals surface area contributed by atoms with Crippen molar-refractivity contribution in [2.75, 3.05) is 11.9 Å². The number of aromatic nitrogens is 3. The first-order valence-electron chi connectivity index (χ1n) is 10.2. The fourth-order valence-corrected chi connectivity index (χ4v) is 3.98. The van der Waals surface area contributed by atoms with E-state index >= 15 is 0 Å². The first-order chi connectivity index (χ1) is 15.9. The van der Waals surface area contributed by atoms with Crippen molar-refractivity contribution < 1.29 is 9.90 Å². The van der Waals surface area contributed by atoms with E-state index < -0.39 is 5.78 Å². The maximum absolute atomic E-state index is 12.8. The van der Waals surface area contributed by atoms with Gasteiger partial charge in [0.05, 0.1) is 29.4 Å². The van der Waals surface area contributed by atoms with Gasteiger partial charge in [-0.2, -0.15) is 5.26 Å². The summed E-state index contributed by atoms with van der Waals surface area (Å²) in [5.41, 5.74) is 3.40. The van der Waals surface area contributed by atoms with Gasteiger partial charge in [-0.05, 0) is 54.8 Å². The monoisotopic (exact) mass is 461 g/mol. The molecule has 8 nitrogen and oxygen atoms in total. The first-order valence-corrected chi connectivity index (χ1v) is 10.6. The van der Waals surface area contributed by atoms with Gasteiger partial charge in [0.25, 0.3) is 11.3 Å². The molecule has 2 aromatic carbocycles. The molecule has 0 amide bonds. The molecule has 1 atom stereocenters. The molecule has 0 radical (unpaired) electrons. The molecule has 2 aromatic heterocycles. The van der Waals surface area contributed by atoms with Crippen LogP contribution < -0.4 is 10.9 Å². The van der Waals surface area contributed by atoms with Crippen LogP contribution in [0.5, 0.6) is 0 Å². The van der Waals surface area contributed by atoms with Crippen LogP contribution in [0.4, 0.5) is 5.69 Å². The summed E-state index contributed by atoms with van der Waals surface area (Å²) in [6.07, 6.45) is 2.00. The highest BCUT2D eigenvalue weighted by atomic mass is 35.5. The van der Waals surface area contributed by atoms with E-state index in [0.29, 0.717) is 39.6 Å². The molecule has 0 spiro atoms. The van der Waals surface area contributed by atoms with Crippen molar-refractivity contribution in [3.8, 4) is 17.5 Å². The van der Waals surface area contributed by atoms with Crippen molar-refractivity contribution in [2.24, 2.45) is 0 Å². The lowest BCUT2D eigenvalue weighted by Crippen LogP contribution is -2.28. The maximum atomic E-state index is 12.8. The molecule has 4 rings (SSSR count). The standard InChI is InChI=1S/C24H20ClN5O3/c1-13-7-15(20(32)11-26)10-19-22(13)30-23(29-19)21-18(5-6-27-24(21)33)28-17(12-31)9-14-3-2-4-16(25)8-14/h2-8,10,17,31H,9,12H2,1H3,(H,29,30)(H2,27,28,33)/t17-/m1/s1. The number of carbonyl (C=O) groups excluding carboxylic acids is 1. The fourth-order valence-electron chi connectivity index (χ4n) is 3.77. The smallest absolute Gasteiger partial charge is 0.262 e. The number of H-pyrrole nitrogens is 2. The minimum atomic E-state index is -0.650. The number of aliphatic hydroxyl groups excluding tert-OH is 1. The Balaban J connectivity index is 1.73. The van der Waals surface area contributed by atoms with Crippen molar-refractivity contribution in [1.82, 2.24) is 15.0 Å². The molecular formula is C24H20ClN5O3. The minimum absolute atomic E-state index is 0.169. The molecule has 33 heavy (non-hydrogen) atoms. The maximum Gasteiger partial charge on any atom is 0.262 e. The zero-order chi connectivity index (χ0) is 23.5. The number of imidazole rings is 1. The van der Waals surface area contributed by atoms with Gasteiger partial charge in [-0.15, -0.1) is 0 Å². The minimum Gasteiger partial charge on any atom is -0.394 e. The third-order valence-electron chi connectivity index (χ3n) is 5.29. The van der Waals surface area contributed by atoms with Gasteiger partial charge in [-0.3, -0.25) is 9.59 Å². The summed E-state index contributed by atoms with van der Waals surface area (Å²) >= 11 is 6.07.